The SMILES string of the molecule is CCOC(=O)C(N)CSCc1cccs1. The van der Waals surface area contributed by atoms with Crippen molar-refractivity contribution in [2.45, 2.75) is 18.7 Å². The van der Waals surface area contributed by atoms with E-state index in [0.717, 1.165) is 5.75 Å². The lowest BCUT2D eigenvalue weighted by Crippen LogP contribution is -2.34. The average Bonchev–Trinajstić information content (AvgIpc) is 2.71. The number of carbonyl (C=O) groups excluding carboxylic acids is 1. The van der Waals surface area contributed by atoms with E-state index in [2.05, 4.69) is 6.07 Å². The van der Waals surface area contributed by atoms with E-state index in [0.29, 0.717) is 12.4 Å². The molecule has 0 saturated carbocycles. The van der Waals surface area contributed by atoms with Gasteiger partial charge in [-0.3, -0.25) is 4.79 Å². The Labute approximate surface area is 98.0 Å². The summed E-state index contributed by atoms with van der Waals surface area (Å²) in [6.45, 7) is 2.17. The van der Waals surface area contributed by atoms with E-state index < -0.39 is 6.04 Å². The van der Waals surface area contributed by atoms with Gasteiger partial charge in [-0.15, -0.1) is 11.3 Å². The molecule has 0 saturated heterocycles. The first-order valence-corrected chi connectivity index (χ1v) is 6.79. The first kappa shape index (κ1) is 12.5. The van der Waals surface area contributed by atoms with Crippen LogP contribution in [0.2, 0.25) is 0 Å². The van der Waals surface area contributed by atoms with Gasteiger partial charge in [0, 0.05) is 16.4 Å². The third-order valence-corrected chi connectivity index (χ3v) is 3.88. The molecule has 1 rings (SSSR count). The second-order valence-corrected chi connectivity index (χ2v) is 5.02. The summed E-state index contributed by atoms with van der Waals surface area (Å²) in [5.74, 6) is 1.21. The van der Waals surface area contributed by atoms with Gasteiger partial charge in [-0.1, -0.05) is 6.07 Å². The topological polar surface area (TPSA) is 52.3 Å². The Bertz CT molecular complexity index is 288. The molecule has 15 heavy (non-hydrogen) atoms. The predicted molar refractivity (Wildman–Crippen MR) is 65.1 cm³/mol. The molecule has 0 fully saturated rings. The molecule has 0 aliphatic rings. The molecule has 1 unspecified atom stereocenters. The second-order valence-electron chi connectivity index (χ2n) is 2.95. The quantitative estimate of drug-likeness (QED) is 0.777. The highest BCUT2D eigenvalue weighted by Crippen LogP contribution is 2.17. The van der Waals surface area contributed by atoms with Crippen molar-refractivity contribution in [2.24, 2.45) is 5.73 Å². The zero-order chi connectivity index (χ0) is 11.1. The number of rotatable bonds is 6. The van der Waals surface area contributed by atoms with Crippen LogP contribution in [0.15, 0.2) is 17.5 Å². The first-order chi connectivity index (χ1) is 7.24. The summed E-state index contributed by atoms with van der Waals surface area (Å²) in [5.41, 5.74) is 5.65. The Morgan fingerprint density at radius 1 is 1.73 bits per heavy atom. The third-order valence-electron chi connectivity index (χ3n) is 1.71. The molecule has 0 aromatic carbocycles. The molecule has 1 atom stereocenters. The van der Waals surface area contributed by atoms with Crippen LogP contribution in [0, 0.1) is 0 Å². The van der Waals surface area contributed by atoms with Crippen molar-refractivity contribution in [3.63, 3.8) is 0 Å². The van der Waals surface area contributed by atoms with Gasteiger partial charge in [0.25, 0.3) is 0 Å². The molecule has 0 aliphatic carbocycles. The standard InChI is InChI=1S/C10H15NO2S2/c1-2-13-10(12)9(11)7-14-6-8-4-3-5-15-8/h3-5,9H,2,6-7,11H2,1H3. The van der Waals surface area contributed by atoms with Gasteiger partial charge in [0.05, 0.1) is 6.61 Å². The number of hydrogen-bond donors (Lipinski definition) is 1. The van der Waals surface area contributed by atoms with E-state index >= 15 is 0 Å². The van der Waals surface area contributed by atoms with Crippen molar-refractivity contribution in [2.75, 3.05) is 12.4 Å². The van der Waals surface area contributed by atoms with E-state index in [1.807, 2.05) is 11.4 Å². The lowest BCUT2D eigenvalue weighted by molar-refractivity contribution is -0.144. The molecule has 1 heterocycles. The molecule has 2 N–H and O–H groups in total. The number of ether oxygens (including phenoxy) is 1. The van der Waals surface area contributed by atoms with Gasteiger partial charge in [-0.2, -0.15) is 11.8 Å². The maximum Gasteiger partial charge on any atom is 0.323 e. The highest BCUT2D eigenvalue weighted by atomic mass is 32.2. The molecule has 1 aromatic rings. The van der Waals surface area contributed by atoms with Gasteiger partial charge < -0.3 is 10.5 Å². The molecule has 5 heteroatoms. The van der Waals surface area contributed by atoms with Crippen molar-refractivity contribution < 1.29 is 9.53 Å². The van der Waals surface area contributed by atoms with Gasteiger partial charge in [-0.05, 0) is 18.4 Å². The van der Waals surface area contributed by atoms with Crippen molar-refractivity contribution in [1.82, 2.24) is 0 Å². The van der Waals surface area contributed by atoms with E-state index in [1.54, 1.807) is 30.0 Å². The number of thioether (sulfide) groups is 1. The van der Waals surface area contributed by atoms with Crippen LogP contribution in [0.1, 0.15) is 11.8 Å². The van der Waals surface area contributed by atoms with Crippen LogP contribution in [0.25, 0.3) is 0 Å². The van der Waals surface area contributed by atoms with Crippen LogP contribution in [-0.4, -0.2) is 24.4 Å². The monoisotopic (exact) mass is 245 g/mol. The Morgan fingerprint density at radius 2 is 2.53 bits per heavy atom. The van der Waals surface area contributed by atoms with Gasteiger partial charge in [0.2, 0.25) is 0 Å². The van der Waals surface area contributed by atoms with E-state index in [1.165, 1.54) is 4.88 Å². The fraction of sp³-hybridized carbons (Fsp3) is 0.500. The van der Waals surface area contributed by atoms with Crippen LogP contribution < -0.4 is 5.73 Å². The maximum atomic E-state index is 11.2. The minimum atomic E-state index is -0.505. The number of esters is 1. The summed E-state index contributed by atoms with van der Waals surface area (Å²) >= 11 is 3.37. The molecular formula is C10H15NO2S2. The third kappa shape index (κ3) is 4.68. The summed E-state index contributed by atoms with van der Waals surface area (Å²) in [6.07, 6.45) is 0. The Hall–Kier alpha value is -0.520. The molecule has 0 aliphatic heterocycles. The summed E-state index contributed by atoms with van der Waals surface area (Å²) in [5, 5.41) is 2.04. The molecule has 84 valence electrons. The zero-order valence-corrected chi connectivity index (χ0v) is 10.3. The number of thiophene rings is 1. The van der Waals surface area contributed by atoms with E-state index in [4.69, 9.17) is 10.5 Å². The highest BCUT2D eigenvalue weighted by molar-refractivity contribution is 7.98. The normalized spacial score (nSPS) is 12.4. The van der Waals surface area contributed by atoms with Gasteiger partial charge in [0.15, 0.2) is 0 Å². The van der Waals surface area contributed by atoms with Gasteiger partial charge in [-0.25, -0.2) is 0 Å². The van der Waals surface area contributed by atoms with Gasteiger partial charge in [0.1, 0.15) is 6.04 Å². The summed E-state index contributed by atoms with van der Waals surface area (Å²) in [6, 6.07) is 3.59. The minimum absolute atomic E-state index is 0.309. The Kier molecular flexibility index (Phi) is 5.75. The van der Waals surface area contributed by atoms with Crippen LogP contribution in [0.3, 0.4) is 0 Å². The second kappa shape index (κ2) is 6.87. The van der Waals surface area contributed by atoms with Crippen molar-refractivity contribution in [3.05, 3.63) is 22.4 Å². The fourth-order valence-electron chi connectivity index (χ4n) is 0.999. The highest BCUT2D eigenvalue weighted by Gasteiger charge is 2.13. The van der Waals surface area contributed by atoms with Crippen LogP contribution in [-0.2, 0) is 15.3 Å². The Balaban J connectivity index is 2.17. The number of hydrogen-bond acceptors (Lipinski definition) is 5. The minimum Gasteiger partial charge on any atom is -0.465 e. The number of nitrogens with two attached hydrogens (primary N) is 1. The van der Waals surface area contributed by atoms with Crippen molar-refractivity contribution in [1.29, 1.82) is 0 Å². The fourth-order valence-corrected chi connectivity index (χ4v) is 2.82. The maximum absolute atomic E-state index is 11.2. The molecular weight excluding hydrogens is 230 g/mol. The van der Waals surface area contributed by atoms with Crippen molar-refractivity contribution >= 4 is 29.1 Å². The van der Waals surface area contributed by atoms with Crippen LogP contribution in [0.5, 0.6) is 0 Å². The molecule has 3 nitrogen and oxygen atoms in total. The summed E-state index contributed by atoms with van der Waals surface area (Å²) in [4.78, 5) is 12.5. The largest absolute Gasteiger partial charge is 0.465 e. The zero-order valence-electron chi connectivity index (χ0n) is 8.64. The molecule has 1 aromatic heterocycles. The first-order valence-electron chi connectivity index (χ1n) is 4.76. The average molecular weight is 245 g/mol. The Morgan fingerprint density at radius 3 is 3.13 bits per heavy atom. The van der Waals surface area contributed by atoms with E-state index in [-0.39, 0.29) is 5.97 Å². The molecule has 0 amide bonds. The lowest BCUT2D eigenvalue weighted by atomic mass is 10.4. The van der Waals surface area contributed by atoms with Crippen LogP contribution in [0.4, 0.5) is 0 Å². The summed E-state index contributed by atoms with van der Waals surface area (Å²) in [7, 11) is 0. The van der Waals surface area contributed by atoms with E-state index in [9.17, 15) is 4.79 Å². The van der Waals surface area contributed by atoms with Crippen LogP contribution >= 0.6 is 23.1 Å². The molecule has 0 radical (unpaired) electrons. The van der Waals surface area contributed by atoms with Gasteiger partial charge >= 0.3 is 5.97 Å². The lowest BCUT2D eigenvalue weighted by Gasteiger charge is -2.09. The molecule has 0 spiro atoms. The van der Waals surface area contributed by atoms with Crippen molar-refractivity contribution in [3.8, 4) is 0 Å². The predicted octanol–water partition coefficient (Wildman–Crippen LogP) is 1.87. The summed E-state index contributed by atoms with van der Waals surface area (Å²) < 4.78 is 4.82. The smallest absolute Gasteiger partial charge is 0.323 e. The number of carbonyl (C=O) groups is 1. The molecule has 0 bridgehead atoms.